The van der Waals surface area contributed by atoms with Gasteiger partial charge in [0.05, 0.1) is 10.7 Å². The molecule has 7 heteroatoms. The van der Waals surface area contributed by atoms with Crippen LogP contribution in [-0.4, -0.2) is 15.7 Å². The van der Waals surface area contributed by atoms with E-state index in [0.29, 0.717) is 11.4 Å². The zero-order valence-electron chi connectivity index (χ0n) is 12.5. The summed E-state index contributed by atoms with van der Waals surface area (Å²) < 4.78 is 26.7. The van der Waals surface area contributed by atoms with Crippen LogP contribution in [0.25, 0.3) is 0 Å². The molecule has 0 aliphatic carbocycles. The third-order valence-corrected chi connectivity index (χ3v) is 3.79. The van der Waals surface area contributed by atoms with Crippen LogP contribution in [0, 0.1) is 20.8 Å². The first-order chi connectivity index (χ1) is 10.3. The number of aryl methyl sites for hydroxylation is 2. The van der Waals surface area contributed by atoms with Gasteiger partial charge in [-0.05, 0) is 38.0 Å². The largest absolute Gasteiger partial charge is 0.324 e. The van der Waals surface area contributed by atoms with E-state index in [1.54, 1.807) is 6.92 Å². The Kier molecular flexibility index (Phi) is 4.81. The van der Waals surface area contributed by atoms with Gasteiger partial charge in [-0.25, -0.2) is 8.78 Å². The molecular formula is C15H16ClF2N3O. The summed E-state index contributed by atoms with van der Waals surface area (Å²) in [5, 5.41) is 6.36. The van der Waals surface area contributed by atoms with E-state index in [1.807, 2.05) is 32.0 Å². The molecule has 1 aromatic heterocycles. The van der Waals surface area contributed by atoms with Crippen molar-refractivity contribution in [3.05, 3.63) is 45.7 Å². The second-order valence-corrected chi connectivity index (χ2v) is 5.49. The molecule has 1 N–H and O–H groups in total. The van der Waals surface area contributed by atoms with Gasteiger partial charge in [-0.1, -0.05) is 23.7 Å². The number of halogens is 3. The topological polar surface area (TPSA) is 46.9 Å². The maximum absolute atomic E-state index is 12.7. The lowest BCUT2D eigenvalue weighted by atomic mass is 10.1. The lowest BCUT2D eigenvalue weighted by molar-refractivity contribution is -0.117. The van der Waals surface area contributed by atoms with Crippen LogP contribution in [-0.2, 0) is 11.3 Å². The molecule has 0 fully saturated rings. The number of nitrogens with one attached hydrogen (secondary N) is 1. The van der Waals surface area contributed by atoms with Crippen LogP contribution in [0.5, 0.6) is 0 Å². The highest BCUT2D eigenvalue weighted by Gasteiger charge is 2.21. The highest BCUT2D eigenvalue weighted by Crippen LogP contribution is 2.28. The molecule has 4 nitrogen and oxygen atoms in total. The summed E-state index contributed by atoms with van der Waals surface area (Å²) in [7, 11) is 0. The number of carbonyl (C=O) groups is 1. The minimum atomic E-state index is -2.77. The molecule has 1 amide bonds. The monoisotopic (exact) mass is 327 g/mol. The molecule has 0 atom stereocenters. The summed E-state index contributed by atoms with van der Waals surface area (Å²) in [6.07, 6.45) is -2.77. The Morgan fingerprint density at radius 3 is 2.64 bits per heavy atom. The van der Waals surface area contributed by atoms with E-state index in [1.165, 1.54) is 4.68 Å². The van der Waals surface area contributed by atoms with E-state index in [2.05, 4.69) is 10.4 Å². The predicted octanol–water partition coefficient (Wildman–Crippen LogP) is 4.04. The first kappa shape index (κ1) is 16.4. The molecule has 0 spiro atoms. The number of anilines is 1. The van der Waals surface area contributed by atoms with Crippen LogP contribution in [0.3, 0.4) is 0 Å². The zero-order valence-corrected chi connectivity index (χ0v) is 13.2. The van der Waals surface area contributed by atoms with E-state index in [4.69, 9.17) is 11.6 Å². The van der Waals surface area contributed by atoms with Gasteiger partial charge in [-0.2, -0.15) is 5.10 Å². The van der Waals surface area contributed by atoms with Crippen molar-refractivity contribution in [3.8, 4) is 0 Å². The normalized spacial score (nSPS) is 11.0. The maximum Gasteiger partial charge on any atom is 0.283 e. The van der Waals surface area contributed by atoms with Crippen molar-refractivity contribution in [1.82, 2.24) is 9.78 Å². The lowest BCUT2D eigenvalue weighted by Gasteiger charge is -2.10. The summed E-state index contributed by atoms with van der Waals surface area (Å²) in [4.78, 5) is 12.1. The van der Waals surface area contributed by atoms with Crippen LogP contribution in [0.15, 0.2) is 18.2 Å². The number of nitrogens with zero attached hydrogens (tertiary/aromatic N) is 2. The minimum Gasteiger partial charge on any atom is -0.324 e. The molecule has 2 rings (SSSR count). The molecule has 0 radical (unpaired) electrons. The zero-order chi connectivity index (χ0) is 16.4. The summed E-state index contributed by atoms with van der Waals surface area (Å²) in [6, 6.07) is 5.69. The number of hydrogen-bond donors (Lipinski definition) is 1. The van der Waals surface area contributed by atoms with Crippen molar-refractivity contribution >= 4 is 23.2 Å². The second-order valence-electron chi connectivity index (χ2n) is 5.11. The average Bonchev–Trinajstić information content (AvgIpc) is 2.71. The number of hydrogen-bond acceptors (Lipinski definition) is 2. The van der Waals surface area contributed by atoms with Crippen molar-refractivity contribution in [1.29, 1.82) is 0 Å². The van der Waals surface area contributed by atoms with E-state index < -0.39 is 12.1 Å². The fraction of sp³-hybridized carbons (Fsp3) is 0.333. The van der Waals surface area contributed by atoms with E-state index in [9.17, 15) is 13.6 Å². The predicted molar refractivity (Wildman–Crippen MR) is 81.5 cm³/mol. The molecule has 0 saturated heterocycles. The van der Waals surface area contributed by atoms with Crippen LogP contribution in [0.2, 0.25) is 5.02 Å². The molecule has 1 heterocycles. The first-order valence-corrected chi connectivity index (χ1v) is 7.05. The van der Waals surface area contributed by atoms with Gasteiger partial charge in [0.15, 0.2) is 0 Å². The lowest BCUT2D eigenvalue weighted by Crippen LogP contribution is -2.21. The molecule has 118 valence electrons. The van der Waals surface area contributed by atoms with Crippen molar-refractivity contribution in [2.45, 2.75) is 33.7 Å². The van der Waals surface area contributed by atoms with Gasteiger partial charge in [0.25, 0.3) is 6.43 Å². The van der Waals surface area contributed by atoms with Gasteiger partial charge in [0.2, 0.25) is 5.91 Å². The molecule has 0 aliphatic rings. The fourth-order valence-corrected chi connectivity index (χ4v) is 2.26. The summed E-state index contributed by atoms with van der Waals surface area (Å²) >= 11 is 5.80. The Hall–Kier alpha value is -1.95. The van der Waals surface area contributed by atoms with Crippen molar-refractivity contribution in [3.63, 3.8) is 0 Å². The number of aromatic nitrogens is 2. The average molecular weight is 328 g/mol. The van der Waals surface area contributed by atoms with E-state index >= 15 is 0 Å². The highest BCUT2D eigenvalue weighted by atomic mass is 35.5. The number of amides is 1. The van der Waals surface area contributed by atoms with Gasteiger partial charge in [0.1, 0.15) is 12.2 Å². The first-order valence-electron chi connectivity index (χ1n) is 6.67. The molecular weight excluding hydrogens is 312 g/mol. The molecule has 1 aromatic carbocycles. The van der Waals surface area contributed by atoms with E-state index in [-0.39, 0.29) is 17.5 Å². The quantitative estimate of drug-likeness (QED) is 0.921. The fourth-order valence-electron chi connectivity index (χ4n) is 2.04. The Bertz CT molecular complexity index is 713. The molecule has 0 aliphatic heterocycles. The van der Waals surface area contributed by atoms with Crippen LogP contribution in [0.1, 0.15) is 28.9 Å². The number of alkyl halides is 2. The Labute approximate surface area is 132 Å². The molecule has 0 saturated carbocycles. The minimum absolute atomic E-state index is 0.102. The molecule has 22 heavy (non-hydrogen) atoms. The van der Waals surface area contributed by atoms with Crippen molar-refractivity contribution in [2.75, 3.05) is 5.32 Å². The Morgan fingerprint density at radius 1 is 1.36 bits per heavy atom. The number of benzene rings is 1. The third kappa shape index (κ3) is 3.44. The van der Waals surface area contributed by atoms with Gasteiger partial charge in [-0.15, -0.1) is 0 Å². The second kappa shape index (κ2) is 6.44. The molecule has 2 aromatic rings. The SMILES string of the molecule is Cc1ccc(C)c(NC(=O)Cn2nc(C(F)F)c(Cl)c2C)c1. The third-order valence-electron chi connectivity index (χ3n) is 3.33. The molecule has 0 bridgehead atoms. The van der Waals surface area contributed by atoms with Crippen molar-refractivity contribution in [2.24, 2.45) is 0 Å². The summed E-state index contributed by atoms with van der Waals surface area (Å²) in [6.45, 7) is 5.17. The maximum atomic E-state index is 12.7. The Morgan fingerprint density at radius 2 is 2.05 bits per heavy atom. The van der Waals surface area contributed by atoms with Gasteiger partial charge < -0.3 is 5.32 Å². The standard InChI is InChI=1S/C15H16ClF2N3O/c1-8-4-5-9(2)11(6-8)19-12(22)7-21-10(3)13(16)14(20-21)15(17)18/h4-6,15H,7H2,1-3H3,(H,19,22). The van der Waals surface area contributed by atoms with Crippen LogP contribution in [0.4, 0.5) is 14.5 Å². The number of carbonyl (C=O) groups excluding carboxylic acids is 1. The van der Waals surface area contributed by atoms with Crippen LogP contribution < -0.4 is 5.32 Å². The van der Waals surface area contributed by atoms with Crippen LogP contribution >= 0.6 is 11.6 Å². The van der Waals surface area contributed by atoms with Gasteiger partial charge in [0, 0.05) is 5.69 Å². The van der Waals surface area contributed by atoms with Gasteiger partial charge >= 0.3 is 0 Å². The van der Waals surface area contributed by atoms with Gasteiger partial charge in [-0.3, -0.25) is 9.48 Å². The Balaban J connectivity index is 2.16. The smallest absolute Gasteiger partial charge is 0.283 e. The highest BCUT2D eigenvalue weighted by molar-refractivity contribution is 6.31. The van der Waals surface area contributed by atoms with E-state index in [0.717, 1.165) is 11.1 Å². The number of rotatable bonds is 4. The summed E-state index contributed by atoms with van der Waals surface area (Å²) in [5.74, 6) is -0.350. The summed E-state index contributed by atoms with van der Waals surface area (Å²) in [5.41, 5.74) is 2.46. The molecule has 0 unspecified atom stereocenters. The van der Waals surface area contributed by atoms with Crippen molar-refractivity contribution < 1.29 is 13.6 Å².